The van der Waals surface area contributed by atoms with E-state index in [1.54, 1.807) is 0 Å². The van der Waals surface area contributed by atoms with Crippen molar-refractivity contribution in [2.75, 3.05) is 13.2 Å². The van der Waals surface area contributed by atoms with Crippen LogP contribution < -0.4 is 5.32 Å². The number of hydrogen-bond acceptors (Lipinski definition) is 4. The van der Waals surface area contributed by atoms with Gasteiger partial charge in [0.2, 0.25) is 0 Å². The van der Waals surface area contributed by atoms with Crippen LogP contribution in [0.3, 0.4) is 0 Å². The van der Waals surface area contributed by atoms with Crippen molar-refractivity contribution in [1.29, 1.82) is 0 Å². The molecule has 2 aromatic heterocycles. The zero-order chi connectivity index (χ0) is 20.5. The van der Waals surface area contributed by atoms with Crippen LogP contribution in [0.15, 0.2) is 69.7 Å². The van der Waals surface area contributed by atoms with E-state index in [0.29, 0.717) is 5.11 Å². The molecule has 7 heteroatoms. The molecular weight excluding hydrogens is 462 g/mol. The van der Waals surface area contributed by atoms with E-state index < -0.39 is 0 Å². The highest BCUT2D eigenvalue weighted by Gasteiger charge is 2.42. The topological polar surface area (TPSA) is 50.5 Å². The van der Waals surface area contributed by atoms with Crippen molar-refractivity contribution in [3.63, 3.8) is 0 Å². The Morgan fingerprint density at radius 3 is 2.73 bits per heavy atom. The van der Waals surface area contributed by atoms with Gasteiger partial charge < -0.3 is 19.4 Å². The summed E-state index contributed by atoms with van der Waals surface area (Å²) in [6.45, 7) is 1.57. The molecule has 0 amide bonds. The summed E-state index contributed by atoms with van der Waals surface area (Å²) in [6, 6.07) is 18.0. The summed E-state index contributed by atoms with van der Waals surface area (Å²) in [6.07, 6.45) is 4.16. The molecule has 2 fully saturated rings. The van der Waals surface area contributed by atoms with Gasteiger partial charge >= 0.3 is 0 Å². The van der Waals surface area contributed by atoms with Crippen molar-refractivity contribution in [3.05, 3.63) is 76.7 Å². The first-order valence-corrected chi connectivity index (χ1v) is 11.3. The first-order valence-electron chi connectivity index (χ1n) is 10.1. The van der Waals surface area contributed by atoms with E-state index >= 15 is 0 Å². The molecule has 5 nitrogen and oxygen atoms in total. The highest BCUT2D eigenvalue weighted by Crippen LogP contribution is 2.41. The lowest BCUT2D eigenvalue weighted by Crippen LogP contribution is -2.36. The fourth-order valence-electron chi connectivity index (χ4n) is 4.20. The van der Waals surface area contributed by atoms with Crippen LogP contribution >= 0.6 is 28.1 Å². The van der Waals surface area contributed by atoms with Gasteiger partial charge in [-0.05, 0) is 61.5 Å². The van der Waals surface area contributed by atoms with E-state index in [1.807, 2.05) is 54.7 Å². The standard InChI is InChI=1S/C23H22BrN3O2S/c24-16-8-6-15(7-9-16)19-10-11-20(29-19)22-21(18-5-1-2-12-25-18)26-23(30)27(22)14-17-4-3-13-28-17/h1-2,5-12,17,21-22H,3-4,13-14H2,(H,26,30)/t17-,21+,22+/m0/s1. The van der Waals surface area contributed by atoms with Gasteiger partial charge in [-0.2, -0.15) is 0 Å². The summed E-state index contributed by atoms with van der Waals surface area (Å²) >= 11 is 9.22. The number of nitrogens with zero attached hydrogens (tertiary/aromatic N) is 2. The lowest BCUT2D eigenvalue weighted by Gasteiger charge is -2.28. The van der Waals surface area contributed by atoms with Crippen molar-refractivity contribution in [3.8, 4) is 11.3 Å². The number of aromatic nitrogens is 1. The van der Waals surface area contributed by atoms with E-state index in [9.17, 15) is 0 Å². The third-order valence-electron chi connectivity index (χ3n) is 5.67. The third kappa shape index (κ3) is 3.89. The molecule has 0 aliphatic carbocycles. The summed E-state index contributed by atoms with van der Waals surface area (Å²) in [5.74, 6) is 1.71. The maximum Gasteiger partial charge on any atom is 0.170 e. The minimum Gasteiger partial charge on any atom is -0.459 e. The largest absolute Gasteiger partial charge is 0.459 e. The molecule has 0 bridgehead atoms. The normalized spacial score (nSPS) is 23.7. The SMILES string of the molecule is S=C1N[C@H](c2ccccn2)[C@@H](c2ccc(-c3ccc(Br)cc3)o2)N1C[C@@H]1CCCO1. The molecule has 0 unspecified atom stereocenters. The molecule has 4 heterocycles. The molecule has 0 radical (unpaired) electrons. The molecule has 2 aliphatic heterocycles. The Morgan fingerprint density at radius 2 is 2.00 bits per heavy atom. The Balaban J connectivity index is 1.50. The molecule has 30 heavy (non-hydrogen) atoms. The number of benzene rings is 1. The molecule has 2 saturated heterocycles. The molecule has 2 aliphatic rings. The number of ether oxygens (including phenoxy) is 1. The van der Waals surface area contributed by atoms with Crippen LogP contribution in [0, 0.1) is 0 Å². The molecular formula is C23H22BrN3O2S. The van der Waals surface area contributed by atoms with E-state index in [4.69, 9.17) is 21.4 Å². The lowest BCUT2D eigenvalue weighted by atomic mass is 10.0. The number of halogens is 1. The molecule has 1 aromatic carbocycles. The zero-order valence-corrected chi connectivity index (χ0v) is 18.7. The van der Waals surface area contributed by atoms with E-state index in [-0.39, 0.29) is 18.2 Å². The van der Waals surface area contributed by atoms with Crippen molar-refractivity contribution in [2.45, 2.75) is 31.0 Å². The maximum atomic E-state index is 6.36. The number of furan rings is 1. The number of pyridine rings is 1. The molecule has 0 spiro atoms. The van der Waals surface area contributed by atoms with Crippen molar-refractivity contribution >= 4 is 33.3 Å². The summed E-state index contributed by atoms with van der Waals surface area (Å²) in [7, 11) is 0. The predicted molar refractivity (Wildman–Crippen MR) is 123 cm³/mol. The van der Waals surface area contributed by atoms with Crippen LogP contribution in [-0.2, 0) is 4.74 Å². The summed E-state index contributed by atoms with van der Waals surface area (Å²) in [5.41, 5.74) is 1.99. The molecule has 0 saturated carbocycles. The second-order valence-electron chi connectivity index (χ2n) is 7.62. The number of rotatable bonds is 5. The van der Waals surface area contributed by atoms with Gasteiger partial charge in [0.25, 0.3) is 0 Å². The predicted octanol–water partition coefficient (Wildman–Crippen LogP) is 5.26. The lowest BCUT2D eigenvalue weighted by molar-refractivity contribution is 0.0818. The molecule has 5 rings (SSSR count). The maximum absolute atomic E-state index is 6.36. The number of nitrogens with one attached hydrogen (secondary N) is 1. The Kier molecular flexibility index (Phi) is 5.58. The van der Waals surface area contributed by atoms with Gasteiger partial charge in [-0.15, -0.1) is 0 Å². The van der Waals surface area contributed by atoms with Gasteiger partial charge in [0.1, 0.15) is 17.6 Å². The van der Waals surface area contributed by atoms with E-state index in [1.165, 1.54) is 0 Å². The zero-order valence-electron chi connectivity index (χ0n) is 16.3. The van der Waals surface area contributed by atoms with Crippen molar-refractivity contribution in [1.82, 2.24) is 15.2 Å². The van der Waals surface area contributed by atoms with Crippen LogP contribution in [0.1, 0.15) is 36.4 Å². The highest BCUT2D eigenvalue weighted by atomic mass is 79.9. The Labute approximate surface area is 189 Å². The first kappa shape index (κ1) is 19.7. The number of thiocarbonyl (C=S) groups is 1. The second kappa shape index (κ2) is 8.49. The van der Waals surface area contributed by atoms with E-state index in [2.05, 4.69) is 37.2 Å². The van der Waals surface area contributed by atoms with Crippen LogP contribution in [0.5, 0.6) is 0 Å². The second-order valence-corrected chi connectivity index (χ2v) is 8.93. The van der Waals surface area contributed by atoms with Crippen LogP contribution in [0.2, 0.25) is 0 Å². The Hall–Kier alpha value is -2.22. The van der Waals surface area contributed by atoms with Gasteiger partial charge in [0.05, 0.1) is 17.8 Å². The average molecular weight is 484 g/mol. The minimum atomic E-state index is -0.0826. The van der Waals surface area contributed by atoms with Gasteiger partial charge in [-0.25, -0.2) is 0 Å². The Morgan fingerprint density at radius 1 is 1.13 bits per heavy atom. The quantitative estimate of drug-likeness (QED) is 0.499. The summed E-state index contributed by atoms with van der Waals surface area (Å²) in [5, 5.41) is 4.19. The van der Waals surface area contributed by atoms with Crippen LogP contribution in [0.25, 0.3) is 11.3 Å². The molecule has 3 atom stereocenters. The fourth-order valence-corrected chi connectivity index (χ4v) is 4.78. The minimum absolute atomic E-state index is 0.0796. The monoisotopic (exact) mass is 483 g/mol. The summed E-state index contributed by atoms with van der Waals surface area (Å²) < 4.78 is 13.3. The summed E-state index contributed by atoms with van der Waals surface area (Å²) in [4.78, 5) is 6.79. The van der Waals surface area contributed by atoms with E-state index in [0.717, 1.165) is 53.2 Å². The van der Waals surface area contributed by atoms with Gasteiger partial charge in [0, 0.05) is 29.4 Å². The number of hydrogen-bond donors (Lipinski definition) is 1. The smallest absolute Gasteiger partial charge is 0.170 e. The van der Waals surface area contributed by atoms with Crippen molar-refractivity contribution in [2.24, 2.45) is 0 Å². The molecule has 1 N–H and O–H groups in total. The third-order valence-corrected chi connectivity index (χ3v) is 6.55. The van der Waals surface area contributed by atoms with Crippen LogP contribution in [-0.4, -0.2) is 34.3 Å². The average Bonchev–Trinajstić information content (AvgIpc) is 3.51. The van der Waals surface area contributed by atoms with Crippen LogP contribution in [0.4, 0.5) is 0 Å². The first-order chi connectivity index (χ1) is 14.7. The fraction of sp³-hybridized carbons (Fsp3) is 0.304. The molecule has 3 aromatic rings. The Bertz CT molecular complexity index is 1020. The van der Waals surface area contributed by atoms with Gasteiger partial charge in [-0.3, -0.25) is 4.98 Å². The molecule has 154 valence electrons. The van der Waals surface area contributed by atoms with Gasteiger partial charge in [-0.1, -0.05) is 34.1 Å². The van der Waals surface area contributed by atoms with Gasteiger partial charge in [0.15, 0.2) is 5.11 Å². The van der Waals surface area contributed by atoms with Crippen molar-refractivity contribution < 1.29 is 9.15 Å². The highest BCUT2D eigenvalue weighted by molar-refractivity contribution is 9.10.